The summed E-state index contributed by atoms with van der Waals surface area (Å²) in [6.45, 7) is 3.54. The SMILES string of the molecule is O=C(NC1CCN(CCCCOc2cccc3c2C(=O)C(=C(C2CC2)C2CC2)O3)CC1)c1ccc(Cl)cc1. The highest BCUT2D eigenvalue weighted by molar-refractivity contribution is 6.30. The highest BCUT2D eigenvalue weighted by atomic mass is 35.5. The molecule has 0 bridgehead atoms. The number of nitrogens with zero attached hydrogens (tertiary/aromatic N) is 1. The molecule has 7 heteroatoms. The minimum absolute atomic E-state index is 0.00965. The molecule has 1 N–H and O–H groups in total. The number of halogens is 1. The first kappa shape index (κ1) is 25.4. The summed E-state index contributed by atoms with van der Waals surface area (Å²) >= 11 is 5.92. The fourth-order valence-corrected chi connectivity index (χ4v) is 5.81. The number of hydrogen-bond donors (Lipinski definition) is 1. The van der Waals surface area contributed by atoms with Gasteiger partial charge in [-0.05, 0) is 112 Å². The minimum Gasteiger partial charge on any atom is -0.493 e. The summed E-state index contributed by atoms with van der Waals surface area (Å²) in [5.74, 6) is 2.95. The maximum atomic E-state index is 13.3. The van der Waals surface area contributed by atoms with Crippen LogP contribution in [0.15, 0.2) is 53.8 Å². The van der Waals surface area contributed by atoms with Crippen LogP contribution < -0.4 is 14.8 Å². The number of benzene rings is 2. The number of ketones is 1. The molecule has 0 atom stereocenters. The molecule has 4 aliphatic rings. The molecule has 6 rings (SSSR count). The Morgan fingerprint density at radius 2 is 1.68 bits per heavy atom. The topological polar surface area (TPSA) is 67.9 Å². The van der Waals surface area contributed by atoms with Crippen LogP contribution in [0.4, 0.5) is 0 Å². The zero-order chi connectivity index (χ0) is 26.1. The van der Waals surface area contributed by atoms with E-state index in [0.717, 1.165) is 45.3 Å². The molecule has 1 saturated heterocycles. The van der Waals surface area contributed by atoms with Crippen LogP contribution in [0.3, 0.4) is 0 Å². The van der Waals surface area contributed by atoms with Gasteiger partial charge in [-0.25, -0.2) is 0 Å². The van der Waals surface area contributed by atoms with Crippen LogP contribution in [-0.4, -0.2) is 48.9 Å². The fraction of sp³-hybridized carbons (Fsp3) is 0.484. The Bertz CT molecular complexity index is 1210. The molecular formula is C31H35ClN2O4. The van der Waals surface area contributed by atoms with Gasteiger partial charge in [-0.2, -0.15) is 0 Å². The first-order valence-corrected chi connectivity index (χ1v) is 14.5. The second kappa shape index (κ2) is 11.1. The molecule has 0 unspecified atom stereocenters. The van der Waals surface area contributed by atoms with Gasteiger partial charge in [0.15, 0.2) is 5.76 Å². The summed E-state index contributed by atoms with van der Waals surface area (Å²) in [6.07, 6.45) is 8.58. The van der Waals surface area contributed by atoms with Crippen molar-refractivity contribution in [3.63, 3.8) is 0 Å². The average molecular weight is 535 g/mol. The standard InChI is InChI=1S/C31H35ClN2O4/c32-23-12-10-22(11-13-23)31(36)33-24-14-17-34(18-15-24)16-1-2-19-37-25-4-3-5-26-28(25)29(35)30(38-26)27(20-6-7-20)21-8-9-21/h3-5,10-13,20-21,24H,1-2,6-9,14-19H2,(H,33,36). The van der Waals surface area contributed by atoms with Crippen molar-refractivity contribution in [2.75, 3.05) is 26.2 Å². The number of likely N-dealkylation sites (tertiary alicyclic amines) is 1. The van der Waals surface area contributed by atoms with Crippen LogP contribution in [0.2, 0.25) is 5.02 Å². The second-order valence-corrected chi connectivity index (χ2v) is 11.5. The largest absolute Gasteiger partial charge is 0.493 e. The van der Waals surface area contributed by atoms with Gasteiger partial charge in [0.05, 0.1) is 6.61 Å². The van der Waals surface area contributed by atoms with Crippen molar-refractivity contribution in [2.45, 2.75) is 57.4 Å². The molecule has 0 radical (unpaired) electrons. The van der Waals surface area contributed by atoms with Gasteiger partial charge in [0, 0.05) is 29.7 Å². The zero-order valence-corrected chi connectivity index (χ0v) is 22.5. The predicted octanol–water partition coefficient (Wildman–Crippen LogP) is 6.04. The summed E-state index contributed by atoms with van der Waals surface area (Å²) in [6, 6.07) is 12.9. The Labute approximate surface area is 229 Å². The molecular weight excluding hydrogens is 500 g/mol. The third kappa shape index (κ3) is 5.76. The van der Waals surface area contributed by atoms with Crippen molar-refractivity contribution in [1.29, 1.82) is 0 Å². The Morgan fingerprint density at radius 3 is 2.37 bits per heavy atom. The summed E-state index contributed by atoms with van der Waals surface area (Å²) in [7, 11) is 0. The van der Waals surface area contributed by atoms with Gasteiger partial charge in [0.1, 0.15) is 17.1 Å². The smallest absolute Gasteiger partial charge is 0.251 e. The summed E-state index contributed by atoms with van der Waals surface area (Å²) < 4.78 is 12.2. The van der Waals surface area contributed by atoms with Gasteiger partial charge in [0.2, 0.25) is 5.78 Å². The maximum Gasteiger partial charge on any atom is 0.251 e. The van der Waals surface area contributed by atoms with Gasteiger partial charge < -0.3 is 19.7 Å². The van der Waals surface area contributed by atoms with Gasteiger partial charge in [-0.15, -0.1) is 0 Å². The van der Waals surface area contributed by atoms with E-state index < -0.39 is 0 Å². The van der Waals surface area contributed by atoms with E-state index in [1.807, 2.05) is 18.2 Å². The van der Waals surface area contributed by atoms with Crippen LogP contribution >= 0.6 is 11.6 Å². The number of Topliss-reactive ketones (excluding diaryl/α,β-unsaturated/α-hetero) is 1. The van der Waals surface area contributed by atoms with E-state index in [9.17, 15) is 9.59 Å². The van der Waals surface area contributed by atoms with E-state index in [2.05, 4.69) is 10.2 Å². The van der Waals surface area contributed by atoms with Gasteiger partial charge >= 0.3 is 0 Å². The predicted molar refractivity (Wildman–Crippen MR) is 147 cm³/mol. The van der Waals surface area contributed by atoms with Crippen molar-refractivity contribution < 1.29 is 19.1 Å². The molecule has 1 amide bonds. The zero-order valence-electron chi connectivity index (χ0n) is 21.7. The lowest BCUT2D eigenvalue weighted by Crippen LogP contribution is -2.44. The van der Waals surface area contributed by atoms with Crippen molar-refractivity contribution in [3.8, 4) is 11.5 Å². The minimum atomic E-state index is -0.0348. The molecule has 38 heavy (non-hydrogen) atoms. The van der Waals surface area contributed by atoms with Crippen LogP contribution in [0.25, 0.3) is 0 Å². The van der Waals surface area contributed by atoms with Gasteiger partial charge in [-0.1, -0.05) is 17.7 Å². The number of fused-ring (bicyclic) bond motifs is 1. The van der Waals surface area contributed by atoms with Crippen LogP contribution in [0, 0.1) is 11.8 Å². The lowest BCUT2D eigenvalue weighted by molar-refractivity contribution is 0.0909. The third-order valence-electron chi connectivity index (χ3n) is 8.09. The molecule has 6 nitrogen and oxygen atoms in total. The summed E-state index contributed by atoms with van der Waals surface area (Å²) in [4.78, 5) is 28.2. The number of rotatable bonds is 10. The van der Waals surface area contributed by atoms with Crippen molar-refractivity contribution in [3.05, 3.63) is 69.9 Å². The monoisotopic (exact) mass is 534 g/mol. The van der Waals surface area contributed by atoms with E-state index in [1.165, 1.54) is 31.3 Å². The quantitative estimate of drug-likeness (QED) is 0.297. The average Bonchev–Trinajstić information content (AvgIpc) is 3.86. The van der Waals surface area contributed by atoms with Crippen LogP contribution in [-0.2, 0) is 0 Å². The van der Waals surface area contributed by atoms with E-state index >= 15 is 0 Å². The van der Waals surface area contributed by atoms with Crippen LogP contribution in [0.1, 0.15) is 72.1 Å². The highest BCUT2D eigenvalue weighted by Crippen LogP contribution is 2.52. The Kier molecular flexibility index (Phi) is 7.44. The van der Waals surface area contributed by atoms with E-state index in [1.54, 1.807) is 24.3 Å². The molecule has 2 aromatic rings. The number of carbonyl (C=O) groups excluding carboxylic acids is 2. The summed E-state index contributed by atoms with van der Waals surface area (Å²) in [5.41, 5.74) is 2.52. The number of hydrogen-bond acceptors (Lipinski definition) is 5. The van der Waals surface area contributed by atoms with Gasteiger partial charge in [-0.3, -0.25) is 9.59 Å². The first-order chi connectivity index (χ1) is 18.6. The highest BCUT2D eigenvalue weighted by Gasteiger charge is 2.44. The van der Waals surface area contributed by atoms with E-state index in [0.29, 0.717) is 51.9 Å². The van der Waals surface area contributed by atoms with Crippen LogP contribution in [0.5, 0.6) is 11.5 Å². The number of piperidine rings is 1. The number of amides is 1. The molecule has 2 aliphatic carbocycles. The number of ether oxygens (including phenoxy) is 2. The lowest BCUT2D eigenvalue weighted by atomic mass is 10.0. The number of unbranched alkanes of at least 4 members (excludes halogenated alkanes) is 1. The summed E-state index contributed by atoms with van der Waals surface area (Å²) in [5, 5.41) is 3.79. The number of allylic oxidation sites excluding steroid dienone is 2. The molecule has 3 fully saturated rings. The Hall–Kier alpha value is -2.83. The molecule has 0 spiro atoms. The molecule has 2 aromatic carbocycles. The third-order valence-corrected chi connectivity index (χ3v) is 8.34. The molecule has 2 saturated carbocycles. The fourth-order valence-electron chi connectivity index (χ4n) is 5.68. The Morgan fingerprint density at radius 1 is 0.974 bits per heavy atom. The maximum absolute atomic E-state index is 13.3. The van der Waals surface area contributed by atoms with E-state index in [4.69, 9.17) is 21.1 Å². The van der Waals surface area contributed by atoms with Crippen molar-refractivity contribution in [1.82, 2.24) is 10.2 Å². The van der Waals surface area contributed by atoms with E-state index in [-0.39, 0.29) is 17.7 Å². The second-order valence-electron chi connectivity index (χ2n) is 11.0. The van der Waals surface area contributed by atoms with Crippen molar-refractivity contribution in [2.24, 2.45) is 11.8 Å². The normalized spacial score (nSPS) is 19.7. The molecule has 200 valence electrons. The van der Waals surface area contributed by atoms with Gasteiger partial charge in [0.25, 0.3) is 5.91 Å². The Balaban J connectivity index is 0.933. The number of nitrogens with one attached hydrogen (secondary N) is 1. The molecule has 2 aliphatic heterocycles. The number of carbonyl (C=O) groups is 2. The lowest BCUT2D eigenvalue weighted by Gasteiger charge is -2.32. The molecule has 0 aromatic heterocycles. The molecule has 2 heterocycles. The first-order valence-electron chi connectivity index (χ1n) is 14.1. The van der Waals surface area contributed by atoms with Crippen molar-refractivity contribution >= 4 is 23.3 Å².